The maximum absolute atomic E-state index is 16.9. The van der Waals surface area contributed by atoms with Crippen LogP contribution in [-0.2, 0) is 4.74 Å². The number of terminal acetylenes is 1. The molecule has 2 aromatic heterocycles. The Hall–Kier alpha value is -4.27. The molecule has 232 valence electrons. The maximum atomic E-state index is 16.9. The number of aromatic hydroxyl groups is 1. The Labute approximate surface area is 257 Å². The molecule has 4 aromatic rings. The topological polar surface area (TPSA) is 80.2 Å². The molecule has 8 rings (SSSR count). The second-order valence-electron chi connectivity index (χ2n) is 12.4. The van der Waals surface area contributed by atoms with Crippen molar-refractivity contribution in [3.05, 3.63) is 47.5 Å². The van der Waals surface area contributed by atoms with Crippen molar-refractivity contribution < 1.29 is 32.5 Å². The molecule has 2 aromatic carbocycles. The van der Waals surface area contributed by atoms with Crippen molar-refractivity contribution in [1.29, 1.82) is 0 Å². The molecule has 8 nitrogen and oxygen atoms in total. The predicted octanol–water partition coefficient (Wildman–Crippen LogP) is 5.36. The van der Waals surface area contributed by atoms with Gasteiger partial charge in [-0.1, -0.05) is 12.0 Å². The number of hydrogen-bond donors (Lipinski definition) is 1. The number of pyridine rings is 2. The van der Waals surface area contributed by atoms with Crippen LogP contribution < -0.4 is 14.4 Å². The third kappa shape index (κ3) is 4.53. The van der Waals surface area contributed by atoms with Crippen LogP contribution in [0.1, 0.15) is 31.2 Å². The molecule has 4 aliphatic rings. The normalized spacial score (nSPS) is 24.5. The summed E-state index contributed by atoms with van der Waals surface area (Å²) in [6.07, 6.45) is 7.71. The summed E-state index contributed by atoms with van der Waals surface area (Å²) in [5, 5.41) is 11.6. The van der Waals surface area contributed by atoms with Crippen molar-refractivity contribution in [2.75, 3.05) is 51.0 Å². The Balaban J connectivity index is 1.33. The Morgan fingerprint density at radius 3 is 2.87 bits per heavy atom. The zero-order valence-corrected chi connectivity index (χ0v) is 24.5. The standard InChI is InChI=1S/C34H31F3N4O4/c1-2-23-25(36)6-5-19-11-22(42)12-24(28(19)23)31-30(37)32-29-26(41-9-4-10-43-16-21(41)17-44-33(29)39-31)13-27(38-32)45-18-34-7-3-8-40(34)15-20(35)14-34/h1,5-6,11-13,20-21,42H,3-4,7-10,14-18H2/t20-,21+,34+/m1/s1. The van der Waals surface area contributed by atoms with Gasteiger partial charge in [0.15, 0.2) is 5.82 Å². The van der Waals surface area contributed by atoms with Crippen LogP contribution >= 0.6 is 0 Å². The van der Waals surface area contributed by atoms with E-state index in [1.165, 1.54) is 24.3 Å². The van der Waals surface area contributed by atoms with E-state index in [2.05, 4.69) is 25.7 Å². The second kappa shape index (κ2) is 10.7. The van der Waals surface area contributed by atoms with E-state index < -0.39 is 23.3 Å². The van der Waals surface area contributed by atoms with Gasteiger partial charge in [-0.2, -0.15) is 0 Å². The number of halogens is 3. The minimum Gasteiger partial charge on any atom is -0.508 e. The molecule has 0 bridgehead atoms. The molecular weight excluding hydrogens is 585 g/mol. The lowest BCUT2D eigenvalue weighted by atomic mass is 9.95. The first-order valence-electron chi connectivity index (χ1n) is 15.3. The van der Waals surface area contributed by atoms with Gasteiger partial charge >= 0.3 is 0 Å². The third-order valence-electron chi connectivity index (χ3n) is 9.68. The van der Waals surface area contributed by atoms with Crippen LogP contribution in [0.5, 0.6) is 17.5 Å². The van der Waals surface area contributed by atoms with E-state index in [0.29, 0.717) is 49.2 Å². The SMILES string of the molecule is C#Cc1c(F)ccc2cc(O)cc(-c3nc4c5c(cc(OC[C@@]67CCCN6C[C@H](F)C7)nc5c3F)N3CCCOC[C@H]3CO4)c12. The fraction of sp³-hybridized carbons (Fsp3) is 0.412. The highest BCUT2D eigenvalue weighted by Gasteiger charge is 2.49. The van der Waals surface area contributed by atoms with E-state index in [4.69, 9.17) is 20.6 Å². The molecule has 11 heteroatoms. The first-order chi connectivity index (χ1) is 21.8. The van der Waals surface area contributed by atoms with E-state index in [-0.39, 0.29) is 64.5 Å². The van der Waals surface area contributed by atoms with Crippen LogP contribution in [-0.4, -0.2) is 83.8 Å². The molecule has 0 amide bonds. The van der Waals surface area contributed by atoms with Crippen molar-refractivity contribution in [3.63, 3.8) is 0 Å². The summed E-state index contributed by atoms with van der Waals surface area (Å²) < 4.78 is 64.7. The molecule has 0 unspecified atom stereocenters. The zero-order valence-electron chi connectivity index (χ0n) is 24.5. The lowest BCUT2D eigenvalue weighted by Gasteiger charge is -2.32. The molecular formula is C34H31F3N4O4. The molecule has 3 saturated heterocycles. The lowest BCUT2D eigenvalue weighted by molar-refractivity contribution is 0.111. The molecule has 0 aliphatic carbocycles. The van der Waals surface area contributed by atoms with Gasteiger partial charge in [0.05, 0.1) is 34.8 Å². The van der Waals surface area contributed by atoms with Gasteiger partial charge in [0.2, 0.25) is 11.8 Å². The highest BCUT2D eigenvalue weighted by atomic mass is 19.1. The monoisotopic (exact) mass is 616 g/mol. The number of alkyl halides is 1. The Bertz CT molecular complexity index is 1900. The average molecular weight is 617 g/mol. The molecule has 45 heavy (non-hydrogen) atoms. The summed E-state index contributed by atoms with van der Waals surface area (Å²) in [5.74, 6) is 1.10. The summed E-state index contributed by atoms with van der Waals surface area (Å²) in [5.41, 5.74) is 0.0295. The van der Waals surface area contributed by atoms with Gasteiger partial charge in [0.25, 0.3) is 0 Å². The van der Waals surface area contributed by atoms with Crippen molar-refractivity contribution in [2.45, 2.75) is 43.4 Å². The van der Waals surface area contributed by atoms with Gasteiger partial charge in [0, 0.05) is 43.1 Å². The number of hydrogen-bond acceptors (Lipinski definition) is 8. The summed E-state index contributed by atoms with van der Waals surface area (Å²) in [6.45, 7) is 3.28. The highest BCUT2D eigenvalue weighted by molar-refractivity contribution is 6.04. The largest absolute Gasteiger partial charge is 0.508 e. The molecule has 4 aliphatic heterocycles. The van der Waals surface area contributed by atoms with Crippen molar-refractivity contribution in [2.24, 2.45) is 0 Å². The number of phenols is 1. The summed E-state index contributed by atoms with van der Waals surface area (Å²) in [7, 11) is 0. The van der Waals surface area contributed by atoms with Gasteiger partial charge in [-0.05, 0) is 49.4 Å². The Morgan fingerprint density at radius 1 is 1.11 bits per heavy atom. The minimum atomic E-state index is -0.915. The third-order valence-corrected chi connectivity index (χ3v) is 9.68. The fourth-order valence-electron chi connectivity index (χ4n) is 7.65. The van der Waals surface area contributed by atoms with E-state index in [1.54, 1.807) is 6.07 Å². The average Bonchev–Trinajstić information content (AvgIpc) is 3.38. The van der Waals surface area contributed by atoms with Gasteiger partial charge in [-0.3, -0.25) is 4.90 Å². The van der Waals surface area contributed by atoms with Gasteiger partial charge in [-0.25, -0.2) is 23.1 Å². The summed E-state index contributed by atoms with van der Waals surface area (Å²) in [6, 6.07) is 7.03. The van der Waals surface area contributed by atoms with Crippen LogP contribution in [0.15, 0.2) is 30.3 Å². The Morgan fingerprint density at radius 2 is 2.00 bits per heavy atom. The van der Waals surface area contributed by atoms with Crippen molar-refractivity contribution in [1.82, 2.24) is 14.9 Å². The van der Waals surface area contributed by atoms with Crippen LogP contribution in [0, 0.1) is 24.0 Å². The lowest BCUT2D eigenvalue weighted by Crippen LogP contribution is -2.43. The number of nitrogens with zero attached hydrogens (tertiary/aromatic N) is 4. The van der Waals surface area contributed by atoms with E-state index >= 15 is 4.39 Å². The molecule has 1 N–H and O–H groups in total. The van der Waals surface area contributed by atoms with Crippen LogP contribution in [0.25, 0.3) is 32.9 Å². The first kappa shape index (κ1) is 28.2. The summed E-state index contributed by atoms with van der Waals surface area (Å²) in [4.78, 5) is 13.6. The molecule has 0 radical (unpaired) electrons. The second-order valence-corrected chi connectivity index (χ2v) is 12.4. The smallest absolute Gasteiger partial charge is 0.225 e. The molecule has 3 atom stereocenters. The summed E-state index contributed by atoms with van der Waals surface area (Å²) >= 11 is 0. The molecule has 3 fully saturated rings. The van der Waals surface area contributed by atoms with Gasteiger partial charge in [0.1, 0.15) is 42.2 Å². The fourth-order valence-corrected chi connectivity index (χ4v) is 7.65. The van der Waals surface area contributed by atoms with Gasteiger partial charge in [-0.15, -0.1) is 6.42 Å². The zero-order chi connectivity index (χ0) is 30.9. The minimum absolute atomic E-state index is 0.0426. The number of phenolic OH excluding ortho intramolecular Hbond substituents is 1. The maximum Gasteiger partial charge on any atom is 0.225 e. The van der Waals surface area contributed by atoms with Crippen LogP contribution in [0.2, 0.25) is 0 Å². The van der Waals surface area contributed by atoms with E-state index in [0.717, 1.165) is 25.8 Å². The van der Waals surface area contributed by atoms with Crippen LogP contribution in [0.3, 0.4) is 0 Å². The highest BCUT2D eigenvalue weighted by Crippen LogP contribution is 2.45. The van der Waals surface area contributed by atoms with Gasteiger partial charge < -0.3 is 24.2 Å². The van der Waals surface area contributed by atoms with E-state index in [9.17, 15) is 13.9 Å². The van der Waals surface area contributed by atoms with Crippen molar-refractivity contribution >= 4 is 27.4 Å². The predicted molar refractivity (Wildman–Crippen MR) is 163 cm³/mol. The van der Waals surface area contributed by atoms with Crippen LogP contribution in [0.4, 0.5) is 18.9 Å². The van der Waals surface area contributed by atoms with E-state index in [1.807, 2.05) is 0 Å². The molecule has 0 saturated carbocycles. The number of rotatable bonds is 4. The van der Waals surface area contributed by atoms with Crippen molar-refractivity contribution in [3.8, 4) is 41.1 Å². The quantitative estimate of drug-likeness (QED) is 0.307. The number of benzene rings is 2. The molecule has 0 spiro atoms. The number of aromatic nitrogens is 2. The number of ether oxygens (including phenoxy) is 3. The number of anilines is 1. The number of fused-ring (bicyclic) bond motifs is 4. The molecule has 6 heterocycles. The first-order valence-corrected chi connectivity index (χ1v) is 15.3. The Kier molecular flexibility index (Phi) is 6.69.